The third kappa shape index (κ3) is 3.88. The van der Waals surface area contributed by atoms with Crippen molar-refractivity contribution >= 4 is 26.8 Å². The molecule has 1 fully saturated rings. The Balaban J connectivity index is 1.68. The molecule has 1 unspecified atom stereocenters. The van der Waals surface area contributed by atoms with Gasteiger partial charge in [-0.1, -0.05) is 24.3 Å². The van der Waals surface area contributed by atoms with Crippen molar-refractivity contribution in [2.45, 2.75) is 11.3 Å². The molecule has 0 bridgehead atoms. The molecule has 1 aromatic heterocycles. The Morgan fingerprint density at radius 1 is 1.17 bits per heavy atom. The monoisotopic (exact) mass is 425 g/mol. The summed E-state index contributed by atoms with van der Waals surface area (Å²) in [5.74, 6) is 0.571. The quantitative estimate of drug-likeness (QED) is 0.656. The summed E-state index contributed by atoms with van der Waals surface area (Å²) in [6.07, 6.45) is 2.06. The summed E-state index contributed by atoms with van der Waals surface area (Å²) >= 11 is 0. The Morgan fingerprint density at radius 2 is 1.97 bits per heavy atom. The number of fused-ring (bicyclic) bond motifs is 1. The van der Waals surface area contributed by atoms with E-state index in [1.165, 1.54) is 6.07 Å². The number of amides is 1. The molecule has 4 rings (SSSR count). The van der Waals surface area contributed by atoms with E-state index in [2.05, 4.69) is 9.71 Å². The molecule has 0 saturated carbocycles. The summed E-state index contributed by atoms with van der Waals surface area (Å²) in [5, 5.41) is 0.957. The van der Waals surface area contributed by atoms with Crippen LogP contribution < -0.4 is 9.46 Å². The van der Waals surface area contributed by atoms with Gasteiger partial charge in [0.05, 0.1) is 17.5 Å². The fourth-order valence-corrected chi connectivity index (χ4v) is 4.93. The number of hydrogen-bond donors (Lipinski definition) is 1. The van der Waals surface area contributed by atoms with Gasteiger partial charge in [-0.05, 0) is 30.2 Å². The molecule has 0 spiro atoms. The second-order valence-electron chi connectivity index (χ2n) is 7.44. The van der Waals surface area contributed by atoms with E-state index >= 15 is 0 Å². The average Bonchev–Trinajstić information content (AvgIpc) is 3.09. The number of aromatic nitrogens is 1. The van der Waals surface area contributed by atoms with Crippen molar-refractivity contribution in [1.82, 2.24) is 14.6 Å². The van der Waals surface area contributed by atoms with Gasteiger partial charge in [-0.3, -0.25) is 9.78 Å². The van der Waals surface area contributed by atoms with E-state index in [0.29, 0.717) is 24.3 Å². The van der Waals surface area contributed by atoms with Gasteiger partial charge in [-0.15, -0.1) is 0 Å². The number of sulfonamides is 1. The van der Waals surface area contributed by atoms with Gasteiger partial charge in [0.1, 0.15) is 5.75 Å². The minimum atomic E-state index is -3.75. The van der Waals surface area contributed by atoms with E-state index in [4.69, 9.17) is 4.74 Å². The number of carbonyl (C=O) groups is 1. The summed E-state index contributed by atoms with van der Waals surface area (Å²) < 4.78 is 34.0. The molecular formula is C22H23N3O4S. The molecule has 1 saturated heterocycles. The first-order chi connectivity index (χ1) is 14.4. The SMILES string of the molecule is COc1ccc(S(=O)(=O)NCC2CC(=O)N(C)C2)cc1-c1cccc2cccnc12. The number of methoxy groups -OCH3 is 1. The highest BCUT2D eigenvalue weighted by Crippen LogP contribution is 2.35. The highest BCUT2D eigenvalue weighted by atomic mass is 32.2. The molecular weight excluding hydrogens is 402 g/mol. The number of nitrogens with zero attached hydrogens (tertiary/aromatic N) is 2. The summed E-state index contributed by atoms with van der Waals surface area (Å²) in [6.45, 7) is 0.770. The Morgan fingerprint density at radius 3 is 2.70 bits per heavy atom. The number of carbonyl (C=O) groups excluding carboxylic acids is 1. The first kappa shape index (κ1) is 20.3. The topological polar surface area (TPSA) is 88.6 Å². The Bertz CT molecular complexity index is 1200. The summed E-state index contributed by atoms with van der Waals surface area (Å²) in [4.78, 5) is 17.9. The minimum absolute atomic E-state index is 0.0303. The molecule has 1 N–H and O–H groups in total. The first-order valence-electron chi connectivity index (χ1n) is 9.65. The predicted octanol–water partition coefficient (Wildman–Crippen LogP) is 2.67. The van der Waals surface area contributed by atoms with E-state index in [-0.39, 0.29) is 23.3 Å². The third-order valence-electron chi connectivity index (χ3n) is 5.39. The molecule has 7 nitrogen and oxygen atoms in total. The lowest BCUT2D eigenvalue weighted by molar-refractivity contribution is -0.126. The van der Waals surface area contributed by atoms with Crippen molar-refractivity contribution in [3.63, 3.8) is 0 Å². The smallest absolute Gasteiger partial charge is 0.240 e. The largest absolute Gasteiger partial charge is 0.496 e. The van der Waals surface area contributed by atoms with Crippen LogP contribution in [0.1, 0.15) is 6.42 Å². The molecule has 1 aliphatic rings. The molecule has 30 heavy (non-hydrogen) atoms. The van der Waals surface area contributed by atoms with E-state index in [1.54, 1.807) is 37.4 Å². The maximum Gasteiger partial charge on any atom is 0.240 e. The molecule has 2 aromatic carbocycles. The van der Waals surface area contributed by atoms with Crippen molar-refractivity contribution in [3.8, 4) is 16.9 Å². The fourth-order valence-electron chi connectivity index (χ4n) is 3.79. The third-order valence-corrected chi connectivity index (χ3v) is 6.81. The minimum Gasteiger partial charge on any atom is -0.496 e. The first-order valence-corrected chi connectivity index (χ1v) is 11.1. The number of likely N-dealkylation sites (tertiary alicyclic amines) is 1. The zero-order chi connectivity index (χ0) is 21.3. The van der Waals surface area contributed by atoms with Crippen molar-refractivity contribution in [2.75, 3.05) is 27.2 Å². The van der Waals surface area contributed by atoms with Crippen LogP contribution in [0.2, 0.25) is 0 Å². The number of hydrogen-bond acceptors (Lipinski definition) is 5. The van der Waals surface area contributed by atoms with Crippen LogP contribution in [-0.4, -0.2) is 51.5 Å². The molecule has 1 amide bonds. The number of pyridine rings is 1. The van der Waals surface area contributed by atoms with Crippen molar-refractivity contribution < 1.29 is 17.9 Å². The standard InChI is InChI=1S/C22H23N3O4S/c1-25-14-15(11-21(25)26)13-24-30(27,28)17-8-9-20(29-2)19(12-17)18-7-3-5-16-6-4-10-23-22(16)18/h3-10,12,15,24H,11,13-14H2,1-2H3. The van der Waals surface area contributed by atoms with Gasteiger partial charge >= 0.3 is 0 Å². The van der Waals surface area contributed by atoms with Gasteiger partial charge < -0.3 is 9.64 Å². The molecule has 0 radical (unpaired) electrons. The number of ether oxygens (including phenoxy) is 1. The second-order valence-corrected chi connectivity index (χ2v) is 9.21. The zero-order valence-corrected chi connectivity index (χ0v) is 17.6. The summed E-state index contributed by atoms with van der Waals surface area (Å²) in [5.41, 5.74) is 2.22. The lowest BCUT2D eigenvalue weighted by Gasteiger charge is -2.15. The van der Waals surface area contributed by atoms with E-state index < -0.39 is 10.0 Å². The molecule has 1 atom stereocenters. The van der Waals surface area contributed by atoms with Crippen LogP contribution in [0.25, 0.3) is 22.0 Å². The predicted molar refractivity (Wildman–Crippen MR) is 115 cm³/mol. The zero-order valence-electron chi connectivity index (χ0n) is 16.8. The highest BCUT2D eigenvalue weighted by Gasteiger charge is 2.28. The molecule has 8 heteroatoms. The maximum absolute atomic E-state index is 12.9. The van der Waals surface area contributed by atoms with Crippen molar-refractivity contribution in [2.24, 2.45) is 5.92 Å². The molecule has 156 valence electrons. The number of benzene rings is 2. The number of rotatable bonds is 6. The van der Waals surface area contributed by atoms with Crippen LogP contribution in [0.15, 0.2) is 59.6 Å². The molecule has 0 aliphatic carbocycles. The van der Waals surface area contributed by atoms with Gasteiger partial charge in [0.25, 0.3) is 0 Å². The van der Waals surface area contributed by atoms with Crippen LogP contribution in [0, 0.1) is 5.92 Å². The maximum atomic E-state index is 12.9. The van der Waals surface area contributed by atoms with Crippen molar-refractivity contribution in [1.29, 1.82) is 0 Å². The Labute approximate surface area is 175 Å². The number of nitrogens with one attached hydrogen (secondary N) is 1. The van der Waals surface area contributed by atoms with Crippen LogP contribution in [0.4, 0.5) is 0 Å². The van der Waals surface area contributed by atoms with Gasteiger partial charge in [-0.25, -0.2) is 13.1 Å². The summed E-state index contributed by atoms with van der Waals surface area (Å²) in [6, 6.07) is 14.4. The molecule has 3 aromatic rings. The van der Waals surface area contributed by atoms with Gasteiger partial charge in [0.15, 0.2) is 0 Å². The average molecular weight is 426 g/mol. The van der Waals surface area contributed by atoms with E-state index in [0.717, 1.165) is 16.5 Å². The lowest BCUT2D eigenvalue weighted by atomic mass is 10.0. The molecule has 1 aliphatic heterocycles. The van der Waals surface area contributed by atoms with E-state index in [9.17, 15) is 13.2 Å². The van der Waals surface area contributed by atoms with Gasteiger partial charge in [-0.2, -0.15) is 0 Å². The van der Waals surface area contributed by atoms with Crippen LogP contribution in [0.5, 0.6) is 5.75 Å². The second kappa shape index (κ2) is 8.04. The lowest BCUT2D eigenvalue weighted by Crippen LogP contribution is -2.30. The Hall–Kier alpha value is -2.97. The Kier molecular flexibility index (Phi) is 5.44. The fraction of sp³-hybridized carbons (Fsp3) is 0.273. The van der Waals surface area contributed by atoms with Crippen LogP contribution in [0.3, 0.4) is 0 Å². The number of para-hydroxylation sites is 1. The van der Waals surface area contributed by atoms with Crippen LogP contribution in [-0.2, 0) is 14.8 Å². The van der Waals surface area contributed by atoms with Crippen LogP contribution >= 0.6 is 0 Å². The summed E-state index contributed by atoms with van der Waals surface area (Å²) in [7, 11) is -0.467. The van der Waals surface area contributed by atoms with E-state index in [1.807, 2.05) is 30.3 Å². The normalized spacial score (nSPS) is 16.9. The van der Waals surface area contributed by atoms with Gasteiger partial charge in [0.2, 0.25) is 15.9 Å². The van der Waals surface area contributed by atoms with Gasteiger partial charge in [0, 0.05) is 49.3 Å². The van der Waals surface area contributed by atoms with Crippen molar-refractivity contribution in [3.05, 3.63) is 54.7 Å². The highest BCUT2D eigenvalue weighted by molar-refractivity contribution is 7.89. The molecule has 2 heterocycles.